The van der Waals surface area contributed by atoms with Gasteiger partial charge in [0.25, 0.3) is 5.56 Å². The number of benzene rings is 2. The van der Waals surface area contributed by atoms with E-state index in [1.807, 2.05) is 4.98 Å². The van der Waals surface area contributed by atoms with E-state index in [1.54, 1.807) is 30.3 Å². The number of nitrogens with zero attached hydrogens (tertiary/aromatic N) is 2. The van der Waals surface area contributed by atoms with Gasteiger partial charge in [-0.1, -0.05) is 54.1 Å². The first-order valence-electron chi connectivity index (χ1n) is 7.20. The lowest BCUT2D eigenvalue weighted by Crippen LogP contribution is -2.52. The molecular weight excluding hydrogens is 346 g/mol. The van der Waals surface area contributed by atoms with Crippen LogP contribution in [-0.4, -0.2) is 25.8 Å². The van der Waals surface area contributed by atoms with Crippen LogP contribution in [0.3, 0.4) is 0 Å². The van der Waals surface area contributed by atoms with Crippen molar-refractivity contribution in [1.29, 1.82) is 0 Å². The number of H-pyrrole nitrogens is 1. The summed E-state index contributed by atoms with van der Waals surface area (Å²) < 4.78 is 0.745. The summed E-state index contributed by atoms with van der Waals surface area (Å²) in [4.78, 5) is 38.2. The molecule has 2 aromatic carbocycles. The van der Waals surface area contributed by atoms with E-state index in [-0.39, 0.29) is 5.56 Å². The molecule has 126 valence electrons. The second kappa shape index (κ2) is 6.37. The highest BCUT2D eigenvalue weighted by Gasteiger charge is 2.46. The zero-order valence-electron chi connectivity index (χ0n) is 12.7. The maximum atomic E-state index is 12.4. The Balaban J connectivity index is 2.45. The van der Waals surface area contributed by atoms with Gasteiger partial charge in [-0.3, -0.25) is 9.78 Å². The molecular formula is C17H12ClN3O4. The van der Waals surface area contributed by atoms with Crippen molar-refractivity contribution >= 4 is 17.6 Å². The number of carboxylic acid groups (broad SMARTS) is 1. The first-order valence-corrected chi connectivity index (χ1v) is 7.58. The van der Waals surface area contributed by atoms with Crippen LogP contribution in [0.5, 0.6) is 0 Å². The number of hydrogen-bond acceptors (Lipinski definition) is 4. The molecule has 1 aromatic heterocycles. The highest BCUT2D eigenvalue weighted by molar-refractivity contribution is 6.30. The molecule has 0 aliphatic carbocycles. The molecule has 0 aliphatic rings. The number of aliphatic carboxylic acids is 1. The van der Waals surface area contributed by atoms with Gasteiger partial charge in [0, 0.05) is 5.02 Å². The SMILES string of the molecule is O=C(O)C(c1ccccc1)(c1ccc(Cl)cc1)n1ncc(=O)[nH]c1=O. The highest BCUT2D eigenvalue weighted by Crippen LogP contribution is 2.33. The monoisotopic (exact) mass is 357 g/mol. The van der Waals surface area contributed by atoms with E-state index in [0.29, 0.717) is 10.6 Å². The van der Waals surface area contributed by atoms with Gasteiger partial charge in [0.1, 0.15) is 6.20 Å². The Labute approximate surface area is 146 Å². The third kappa shape index (κ3) is 2.74. The molecule has 3 rings (SSSR count). The summed E-state index contributed by atoms with van der Waals surface area (Å²) in [5, 5.41) is 14.3. The van der Waals surface area contributed by atoms with E-state index >= 15 is 0 Å². The van der Waals surface area contributed by atoms with Gasteiger partial charge in [-0.25, -0.2) is 9.59 Å². The van der Waals surface area contributed by atoms with Crippen molar-refractivity contribution in [3.63, 3.8) is 0 Å². The summed E-state index contributed by atoms with van der Waals surface area (Å²) in [6.07, 6.45) is 0.859. The van der Waals surface area contributed by atoms with Crippen LogP contribution >= 0.6 is 11.6 Å². The number of carboxylic acids is 1. The summed E-state index contributed by atoms with van der Waals surface area (Å²) in [5.41, 5.74) is -3.06. The van der Waals surface area contributed by atoms with Gasteiger partial charge in [-0.15, -0.1) is 0 Å². The van der Waals surface area contributed by atoms with E-state index in [0.717, 1.165) is 10.9 Å². The van der Waals surface area contributed by atoms with Crippen LogP contribution in [0, 0.1) is 0 Å². The fourth-order valence-corrected chi connectivity index (χ4v) is 2.84. The van der Waals surface area contributed by atoms with Crippen molar-refractivity contribution in [2.24, 2.45) is 0 Å². The molecule has 8 heteroatoms. The van der Waals surface area contributed by atoms with E-state index in [4.69, 9.17) is 11.6 Å². The van der Waals surface area contributed by atoms with Crippen LogP contribution in [0.1, 0.15) is 11.1 Å². The molecule has 0 amide bonds. The Morgan fingerprint density at radius 3 is 2.20 bits per heavy atom. The number of aromatic nitrogens is 3. The summed E-state index contributed by atoms with van der Waals surface area (Å²) in [6, 6.07) is 14.2. The number of carbonyl (C=O) groups is 1. The molecule has 7 nitrogen and oxygen atoms in total. The fraction of sp³-hybridized carbons (Fsp3) is 0.0588. The topological polar surface area (TPSA) is 105 Å². The lowest BCUT2D eigenvalue weighted by molar-refractivity contribution is -0.144. The number of aromatic amines is 1. The standard InChI is InChI=1S/C17H12ClN3O4/c18-13-8-6-12(7-9-13)17(15(23)24,11-4-2-1-3-5-11)21-16(25)20-14(22)10-19-21/h1-10H,(H,23,24)(H,20,22,25). The minimum absolute atomic E-state index is 0.261. The predicted molar refractivity (Wildman–Crippen MR) is 90.8 cm³/mol. The molecule has 0 bridgehead atoms. The molecule has 3 aromatic rings. The van der Waals surface area contributed by atoms with Crippen LogP contribution in [-0.2, 0) is 10.3 Å². The first-order chi connectivity index (χ1) is 12.0. The number of rotatable bonds is 4. The summed E-state index contributed by atoms with van der Waals surface area (Å²) in [5.74, 6) is -1.33. The van der Waals surface area contributed by atoms with Crippen LogP contribution < -0.4 is 11.2 Å². The van der Waals surface area contributed by atoms with Gasteiger partial charge >= 0.3 is 11.7 Å². The lowest BCUT2D eigenvalue weighted by atomic mass is 9.83. The summed E-state index contributed by atoms with van der Waals surface area (Å²) in [7, 11) is 0. The molecule has 0 fully saturated rings. The van der Waals surface area contributed by atoms with E-state index in [2.05, 4.69) is 5.10 Å². The van der Waals surface area contributed by atoms with Crippen molar-refractivity contribution in [1.82, 2.24) is 14.8 Å². The zero-order chi connectivity index (χ0) is 18.0. The average molecular weight is 358 g/mol. The molecule has 2 N–H and O–H groups in total. The normalized spacial score (nSPS) is 13.2. The molecule has 0 saturated heterocycles. The highest BCUT2D eigenvalue weighted by atomic mass is 35.5. The van der Waals surface area contributed by atoms with Gasteiger partial charge in [0.15, 0.2) is 0 Å². The second-order valence-electron chi connectivity index (χ2n) is 5.24. The Hall–Kier alpha value is -3.19. The van der Waals surface area contributed by atoms with Gasteiger partial charge in [-0.2, -0.15) is 9.78 Å². The average Bonchev–Trinajstić information content (AvgIpc) is 2.59. The van der Waals surface area contributed by atoms with Crippen molar-refractivity contribution in [2.45, 2.75) is 5.54 Å². The summed E-state index contributed by atoms with van der Waals surface area (Å²) >= 11 is 5.91. The Kier molecular flexibility index (Phi) is 4.24. The van der Waals surface area contributed by atoms with Crippen molar-refractivity contribution in [2.75, 3.05) is 0 Å². The molecule has 0 spiro atoms. The zero-order valence-corrected chi connectivity index (χ0v) is 13.5. The molecule has 0 radical (unpaired) electrons. The van der Waals surface area contributed by atoms with Gasteiger partial charge in [-0.05, 0) is 23.3 Å². The van der Waals surface area contributed by atoms with Gasteiger partial charge < -0.3 is 5.11 Å². The van der Waals surface area contributed by atoms with Crippen molar-refractivity contribution in [3.05, 3.63) is 97.8 Å². The minimum atomic E-state index is -1.97. The Bertz CT molecular complexity index is 1030. The molecule has 1 unspecified atom stereocenters. The number of halogens is 1. The van der Waals surface area contributed by atoms with E-state index in [9.17, 15) is 19.5 Å². The van der Waals surface area contributed by atoms with E-state index in [1.165, 1.54) is 24.3 Å². The smallest absolute Gasteiger partial charge is 0.346 e. The van der Waals surface area contributed by atoms with Crippen molar-refractivity contribution < 1.29 is 9.90 Å². The van der Waals surface area contributed by atoms with Crippen LogP contribution in [0.2, 0.25) is 5.02 Å². The van der Waals surface area contributed by atoms with E-state index < -0.39 is 22.8 Å². The minimum Gasteiger partial charge on any atom is -0.479 e. The molecule has 0 saturated carbocycles. The number of hydrogen-bond donors (Lipinski definition) is 2. The third-order valence-electron chi connectivity index (χ3n) is 3.79. The Morgan fingerprint density at radius 1 is 1.04 bits per heavy atom. The van der Waals surface area contributed by atoms with Crippen LogP contribution in [0.25, 0.3) is 0 Å². The molecule has 1 atom stereocenters. The largest absolute Gasteiger partial charge is 0.479 e. The van der Waals surface area contributed by atoms with Gasteiger partial charge in [0.05, 0.1) is 0 Å². The summed E-state index contributed by atoms with van der Waals surface area (Å²) in [6.45, 7) is 0. The Morgan fingerprint density at radius 2 is 1.64 bits per heavy atom. The number of nitrogens with one attached hydrogen (secondary N) is 1. The van der Waals surface area contributed by atoms with Gasteiger partial charge in [0.2, 0.25) is 5.54 Å². The molecule has 25 heavy (non-hydrogen) atoms. The quantitative estimate of drug-likeness (QED) is 0.735. The van der Waals surface area contributed by atoms with Crippen LogP contribution in [0.4, 0.5) is 0 Å². The fourth-order valence-electron chi connectivity index (χ4n) is 2.71. The maximum Gasteiger partial charge on any atom is 0.346 e. The van der Waals surface area contributed by atoms with Crippen LogP contribution in [0.15, 0.2) is 70.4 Å². The molecule has 1 heterocycles. The van der Waals surface area contributed by atoms with Crippen molar-refractivity contribution in [3.8, 4) is 0 Å². The third-order valence-corrected chi connectivity index (χ3v) is 4.05. The maximum absolute atomic E-state index is 12.4. The predicted octanol–water partition coefficient (Wildman–Crippen LogP) is 1.46. The second-order valence-corrected chi connectivity index (χ2v) is 5.68. The first kappa shape index (κ1) is 16.7. The molecule has 0 aliphatic heterocycles. The lowest BCUT2D eigenvalue weighted by Gasteiger charge is -2.30.